The van der Waals surface area contributed by atoms with Gasteiger partial charge in [-0.05, 0) is 24.3 Å². The maximum Gasteiger partial charge on any atom is 0.0640 e. The fourth-order valence-electron chi connectivity index (χ4n) is 2.15. The molecule has 2 nitrogen and oxygen atoms in total. The Morgan fingerprint density at radius 2 is 1.42 bits per heavy atom. The molecule has 0 spiro atoms. The van der Waals surface area contributed by atoms with Gasteiger partial charge < -0.3 is 11.1 Å². The second kappa shape index (κ2) is 4.82. The Morgan fingerprint density at radius 1 is 0.737 bits per heavy atom. The van der Waals surface area contributed by atoms with Crippen molar-refractivity contribution in [2.24, 2.45) is 0 Å². The van der Waals surface area contributed by atoms with Crippen LogP contribution < -0.4 is 11.1 Å². The molecular formula is C16H13ClN2. The average molecular weight is 269 g/mol. The van der Waals surface area contributed by atoms with E-state index in [9.17, 15) is 0 Å². The summed E-state index contributed by atoms with van der Waals surface area (Å²) in [6.45, 7) is 0. The fraction of sp³-hybridized carbons (Fsp3) is 0. The topological polar surface area (TPSA) is 38.0 Å². The number of nitrogens with one attached hydrogen (secondary N) is 1. The SMILES string of the molecule is Nc1cccc2c(Nc3ccccc3Cl)cccc12. The normalized spacial score (nSPS) is 10.6. The predicted molar refractivity (Wildman–Crippen MR) is 83.1 cm³/mol. The second-order valence-corrected chi connectivity index (χ2v) is 4.76. The highest BCUT2D eigenvalue weighted by atomic mass is 35.5. The van der Waals surface area contributed by atoms with Gasteiger partial charge in [-0.2, -0.15) is 0 Å². The van der Waals surface area contributed by atoms with Crippen molar-refractivity contribution in [1.82, 2.24) is 0 Å². The molecule has 0 aromatic heterocycles. The van der Waals surface area contributed by atoms with E-state index in [1.54, 1.807) is 0 Å². The quantitative estimate of drug-likeness (QED) is 0.654. The number of nitrogen functional groups attached to an aromatic ring is 1. The number of halogens is 1. The molecule has 0 aliphatic carbocycles. The van der Waals surface area contributed by atoms with E-state index in [1.807, 2.05) is 60.7 Å². The molecule has 3 heteroatoms. The molecule has 3 rings (SSSR count). The van der Waals surface area contributed by atoms with E-state index in [1.165, 1.54) is 0 Å². The zero-order valence-corrected chi connectivity index (χ0v) is 11.0. The summed E-state index contributed by atoms with van der Waals surface area (Å²) in [6.07, 6.45) is 0. The Balaban J connectivity index is 2.12. The van der Waals surface area contributed by atoms with Crippen molar-refractivity contribution in [2.45, 2.75) is 0 Å². The zero-order chi connectivity index (χ0) is 13.2. The van der Waals surface area contributed by atoms with Gasteiger partial charge in [0.2, 0.25) is 0 Å². The monoisotopic (exact) mass is 268 g/mol. The lowest BCUT2D eigenvalue weighted by Crippen LogP contribution is -1.93. The Kier molecular flexibility index (Phi) is 3.02. The number of rotatable bonds is 2. The Bertz CT molecular complexity index is 738. The van der Waals surface area contributed by atoms with Gasteiger partial charge in [0.25, 0.3) is 0 Å². The molecule has 0 fully saturated rings. The lowest BCUT2D eigenvalue weighted by Gasteiger charge is -2.12. The predicted octanol–water partition coefficient (Wildman–Crippen LogP) is 4.82. The van der Waals surface area contributed by atoms with E-state index in [-0.39, 0.29) is 0 Å². The zero-order valence-electron chi connectivity index (χ0n) is 10.2. The smallest absolute Gasteiger partial charge is 0.0640 e. The number of hydrogen-bond donors (Lipinski definition) is 2. The maximum atomic E-state index is 6.17. The molecule has 0 unspecified atom stereocenters. The number of para-hydroxylation sites is 1. The second-order valence-electron chi connectivity index (χ2n) is 4.35. The van der Waals surface area contributed by atoms with Crippen molar-refractivity contribution < 1.29 is 0 Å². The number of nitrogens with two attached hydrogens (primary N) is 1. The first-order valence-electron chi connectivity index (χ1n) is 6.04. The molecule has 0 amide bonds. The van der Waals surface area contributed by atoms with E-state index in [4.69, 9.17) is 17.3 Å². The summed E-state index contributed by atoms with van der Waals surface area (Å²) in [7, 11) is 0. The summed E-state index contributed by atoms with van der Waals surface area (Å²) < 4.78 is 0. The summed E-state index contributed by atoms with van der Waals surface area (Å²) in [5.74, 6) is 0. The molecule has 0 atom stereocenters. The molecule has 0 radical (unpaired) electrons. The van der Waals surface area contributed by atoms with Gasteiger partial charge in [-0.1, -0.05) is 48.0 Å². The van der Waals surface area contributed by atoms with Crippen LogP contribution in [-0.4, -0.2) is 0 Å². The van der Waals surface area contributed by atoms with Gasteiger partial charge in [0.15, 0.2) is 0 Å². The van der Waals surface area contributed by atoms with Crippen molar-refractivity contribution in [2.75, 3.05) is 11.1 Å². The molecule has 19 heavy (non-hydrogen) atoms. The van der Waals surface area contributed by atoms with Gasteiger partial charge in [-0.25, -0.2) is 0 Å². The number of hydrogen-bond acceptors (Lipinski definition) is 2. The van der Waals surface area contributed by atoms with E-state index < -0.39 is 0 Å². The summed E-state index contributed by atoms with van der Waals surface area (Å²) >= 11 is 6.17. The van der Waals surface area contributed by atoms with Crippen LogP contribution in [0.4, 0.5) is 17.1 Å². The highest BCUT2D eigenvalue weighted by molar-refractivity contribution is 6.33. The van der Waals surface area contributed by atoms with Crippen LogP contribution in [0.5, 0.6) is 0 Å². The van der Waals surface area contributed by atoms with Crippen LogP contribution in [0.1, 0.15) is 0 Å². The van der Waals surface area contributed by atoms with Crippen LogP contribution in [0.2, 0.25) is 5.02 Å². The molecule has 0 aliphatic rings. The Hall–Kier alpha value is -2.19. The van der Waals surface area contributed by atoms with E-state index in [2.05, 4.69) is 5.32 Å². The van der Waals surface area contributed by atoms with E-state index in [0.29, 0.717) is 5.02 Å². The van der Waals surface area contributed by atoms with Crippen molar-refractivity contribution in [3.05, 3.63) is 65.7 Å². The molecule has 0 saturated carbocycles. The van der Waals surface area contributed by atoms with Crippen LogP contribution in [0.25, 0.3) is 10.8 Å². The molecule has 0 heterocycles. The number of anilines is 3. The lowest BCUT2D eigenvalue weighted by atomic mass is 10.1. The van der Waals surface area contributed by atoms with Gasteiger partial charge in [0, 0.05) is 22.1 Å². The first-order valence-corrected chi connectivity index (χ1v) is 6.42. The Labute approximate surface area is 116 Å². The third-order valence-electron chi connectivity index (χ3n) is 3.10. The van der Waals surface area contributed by atoms with E-state index >= 15 is 0 Å². The van der Waals surface area contributed by atoms with Crippen molar-refractivity contribution in [3.8, 4) is 0 Å². The maximum absolute atomic E-state index is 6.17. The van der Waals surface area contributed by atoms with Crippen LogP contribution >= 0.6 is 11.6 Å². The molecule has 0 saturated heterocycles. The third kappa shape index (κ3) is 2.23. The molecule has 3 aromatic rings. The van der Waals surface area contributed by atoms with Crippen molar-refractivity contribution in [3.63, 3.8) is 0 Å². The van der Waals surface area contributed by atoms with Crippen molar-refractivity contribution >= 4 is 39.4 Å². The molecule has 3 aromatic carbocycles. The van der Waals surface area contributed by atoms with E-state index in [0.717, 1.165) is 27.8 Å². The van der Waals surface area contributed by atoms with Gasteiger partial charge in [0.05, 0.1) is 10.7 Å². The third-order valence-corrected chi connectivity index (χ3v) is 3.43. The van der Waals surface area contributed by atoms with Crippen LogP contribution in [0.15, 0.2) is 60.7 Å². The van der Waals surface area contributed by atoms with Crippen LogP contribution in [-0.2, 0) is 0 Å². The summed E-state index contributed by atoms with van der Waals surface area (Å²) in [6, 6.07) is 19.6. The first kappa shape index (κ1) is 11.9. The minimum atomic E-state index is 0.698. The summed E-state index contributed by atoms with van der Waals surface area (Å²) in [5.41, 5.74) is 8.66. The molecule has 94 valence electrons. The number of fused-ring (bicyclic) bond motifs is 1. The minimum Gasteiger partial charge on any atom is -0.398 e. The fourth-order valence-corrected chi connectivity index (χ4v) is 2.33. The standard InChI is InChI=1S/C16H13ClN2/c17-13-7-1-2-9-16(13)19-15-10-4-5-11-12(15)6-3-8-14(11)18/h1-10,19H,18H2. The van der Waals surface area contributed by atoms with Gasteiger partial charge in [0.1, 0.15) is 0 Å². The van der Waals surface area contributed by atoms with Gasteiger partial charge in [-0.15, -0.1) is 0 Å². The van der Waals surface area contributed by atoms with Gasteiger partial charge in [-0.3, -0.25) is 0 Å². The summed E-state index contributed by atoms with van der Waals surface area (Å²) in [5, 5.41) is 6.18. The van der Waals surface area contributed by atoms with Crippen LogP contribution in [0.3, 0.4) is 0 Å². The number of benzene rings is 3. The first-order chi connectivity index (χ1) is 9.25. The summed E-state index contributed by atoms with van der Waals surface area (Å²) in [4.78, 5) is 0. The largest absolute Gasteiger partial charge is 0.398 e. The Morgan fingerprint density at radius 3 is 2.26 bits per heavy atom. The molecule has 0 bridgehead atoms. The average Bonchev–Trinajstić information content (AvgIpc) is 2.42. The van der Waals surface area contributed by atoms with Crippen molar-refractivity contribution in [1.29, 1.82) is 0 Å². The van der Waals surface area contributed by atoms with Gasteiger partial charge >= 0.3 is 0 Å². The highest BCUT2D eigenvalue weighted by Crippen LogP contribution is 2.31. The molecule has 3 N–H and O–H groups in total. The van der Waals surface area contributed by atoms with Crippen LogP contribution in [0, 0.1) is 0 Å². The lowest BCUT2D eigenvalue weighted by molar-refractivity contribution is 1.57. The minimum absolute atomic E-state index is 0.698. The molecule has 0 aliphatic heterocycles. The highest BCUT2D eigenvalue weighted by Gasteiger charge is 2.04. The molecular weight excluding hydrogens is 256 g/mol.